The summed E-state index contributed by atoms with van der Waals surface area (Å²) in [5.41, 5.74) is 0.922. The molecule has 2 aromatic carbocycles. The first kappa shape index (κ1) is 22.4. The van der Waals surface area contributed by atoms with Crippen LogP contribution in [0.25, 0.3) is 0 Å². The van der Waals surface area contributed by atoms with Crippen molar-refractivity contribution in [3.05, 3.63) is 63.4 Å². The lowest BCUT2D eigenvalue weighted by molar-refractivity contribution is -0.126. The molecule has 10 heteroatoms. The van der Waals surface area contributed by atoms with Crippen molar-refractivity contribution in [2.75, 3.05) is 18.8 Å². The number of benzene rings is 2. The van der Waals surface area contributed by atoms with Crippen molar-refractivity contribution in [3.63, 3.8) is 0 Å². The van der Waals surface area contributed by atoms with Crippen LogP contribution in [-0.4, -0.2) is 36.6 Å². The molecule has 3 N–H and O–H groups in total. The molecule has 158 valence electrons. The highest BCUT2D eigenvalue weighted by atomic mass is 35.5. The van der Waals surface area contributed by atoms with Crippen molar-refractivity contribution in [2.24, 2.45) is 0 Å². The molecule has 0 radical (unpaired) electrons. The Morgan fingerprint density at radius 3 is 2.60 bits per heavy atom. The Bertz CT molecular complexity index is 990. The van der Waals surface area contributed by atoms with E-state index in [2.05, 4.69) is 16.0 Å². The lowest BCUT2D eigenvalue weighted by atomic mass is 10.0. The third kappa shape index (κ3) is 5.65. The first-order chi connectivity index (χ1) is 14.3. The van der Waals surface area contributed by atoms with E-state index in [0.29, 0.717) is 22.1 Å². The summed E-state index contributed by atoms with van der Waals surface area (Å²) >= 11 is 13.2. The predicted molar refractivity (Wildman–Crippen MR) is 114 cm³/mol. The number of halogens is 3. The highest BCUT2D eigenvalue weighted by Crippen LogP contribution is 2.37. The van der Waals surface area contributed by atoms with Crippen LogP contribution in [0.2, 0.25) is 10.0 Å². The van der Waals surface area contributed by atoms with Gasteiger partial charge in [-0.05, 0) is 36.2 Å². The standard InChI is InChI=1S/C20H18Cl2FN3O3S/c21-11-4-5-12(14(22)8-11)20(29)25-9-17(27)24-10-18(28)26-16-6-7-30-19-13(16)2-1-3-15(19)23/h1-5,8,16H,6-7,9-10H2,(H,24,27)(H,25,29)(H,26,28)/t16-/m1/s1. The van der Waals surface area contributed by atoms with E-state index in [9.17, 15) is 18.8 Å². The van der Waals surface area contributed by atoms with Gasteiger partial charge in [0.1, 0.15) is 5.82 Å². The normalized spacial score (nSPS) is 15.1. The molecule has 3 rings (SSSR count). The molecule has 0 spiro atoms. The van der Waals surface area contributed by atoms with E-state index >= 15 is 0 Å². The van der Waals surface area contributed by atoms with Crippen LogP contribution in [0.1, 0.15) is 28.4 Å². The fourth-order valence-corrected chi connectivity index (χ4v) is 4.59. The minimum Gasteiger partial charge on any atom is -0.348 e. The number of carbonyl (C=O) groups is 3. The third-order valence-electron chi connectivity index (χ3n) is 4.39. The Kier molecular flexibility index (Phi) is 7.58. The summed E-state index contributed by atoms with van der Waals surface area (Å²) in [4.78, 5) is 36.8. The topological polar surface area (TPSA) is 87.3 Å². The van der Waals surface area contributed by atoms with Crippen LogP contribution in [0, 0.1) is 5.82 Å². The van der Waals surface area contributed by atoms with E-state index < -0.39 is 17.7 Å². The van der Waals surface area contributed by atoms with Crippen LogP contribution in [-0.2, 0) is 9.59 Å². The van der Waals surface area contributed by atoms with Crippen molar-refractivity contribution in [1.82, 2.24) is 16.0 Å². The average Bonchev–Trinajstić information content (AvgIpc) is 2.71. The summed E-state index contributed by atoms with van der Waals surface area (Å²) in [5, 5.41) is 8.24. The van der Waals surface area contributed by atoms with Crippen LogP contribution in [0.3, 0.4) is 0 Å². The zero-order valence-electron chi connectivity index (χ0n) is 15.6. The number of thioether (sulfide) groups is 1. The number of amides is 3. The lowest BCUT2D eigenvalue weighted by Gasteiger charge is -2.26. The maximum Gasteiger partial charge on any atom is 0.253 e. The van der Waals surface area contributed by atoms with Crippen LogP contribution in [0.5, 0.6) is 0 Å². The van der Waals surface area contributed by atoms with E-state index in [1.807, 2.05) is 0 Å². The van der Waals surface area contributed by atoms with Gasteiger partial charge < -0.3 is 16.0 Å². The molecule has 1 aliphatic heterocycles. The van der Waals surface area contributed by atoms with Crippen molar-refractivity contribution < 1.29 is 18.8 Å². The second kappa shape index (κ2) is 10.1. The van der Waals surface area contributed by atoms with Gasteiger partial charge in [0.25, 0.3) is 5.91 Å². The summed E-state index contributed by atoms with van der Waals surface area (Å²) < 4.78 is 13.9. The van der Waals surface area contributed by atoms with Gasteiger partial charge in [-0.15, -0.1) is 11.8 Å². The van der Waals surface area contributed by atoms with Gasteiger partial charge in [-0.2, -0.15) is 0 Å². The molecule has 0 aromatic heterocycles. The highest BCUT2D eigenvalue weighted by Gasteiger charge is 2.24. The second-order valence-electron chi connectivity index (χ2n) is 6.50. The molecule has 3 amide bonds. The Hall–Kier alpha value is -2.29. The van der Waals surface area contributed by atoms with E-state index in [-0.39, 0.29) is 35.5 Å². The minimum atomic E-state index is -0.533. The molecule has 30 heavy (non-hydrogen) atoms. The number of rotatable bonds is 6. The SMILES string of the molecule is O=C(CNC(=O)c1ccc(Cl)cc1Cl)NCC(=O)N[C@@H]1CCSc2c(F)cccc21. The number of nitrogens with one attached hydrogen (secondary N) is 3. The highest BCUT2D eigenvalue weighted by molar-refractivity contribution is 7.99. The second-order valence-corrected chi connectivity index (χ2v) is 8.45. The molecule has 0 unspecified atom stereocenters. The van der Waals surface area contributed by atoms with E-state index in [1.54, 1.807) is 12.1 Å². The van der Waals surface area contributed by atoms with Crippen molar-refractivity contribution in [3.8, 4) is 0 Å². The minimum absolute atomic E-state index is 0.169. The molecule has 2 aromatic rings. The zero-order valence-corrected chi connectivity index (χ0v) is 18.0. The largest absolute Gasteiger partial charge is 0.348 e. The first-order valence-electron chi connectivity index (χ1n) is 9.05. The van der Waals surface area contributed by atoms with Gasteiger partial charge in [0, 0.05) is 15.7 Å². The van der Waals surface area contributed by atoms with Gasteiger partial charge in [0.05, 0.1) is 29.7 Å². The molecule has 0 aliphatic carbocycles. The van der Waals surface area contributed by atoms with Gasteiger partial charge >= 0.3 is 0 Å². The molecule has 0 saturated heterocycles. The Balaban J connectivity index is 1.46. The molecule has 6 nitrogen and oxygen atoms in total. The fourth-order valence-electron chi connectivity index (χ4n) is 2.95. The van der Waals surface area contributed by atoms with Gasteiger partial charge in [0.2, 0.25) is 11.8 Å². The van der Waals surface area contributed by atoms with E-state index in [0.717, 1.165) is 5.56 Å². The molecule has 1 aliphatic rings. The molecular formula is C20H18Cl2FN3O3S. The van der Waals surface area contributed by atoms with Gasteiger partial charge in [-0.3, -0.25) is 14.4 Å². The quantitative estimate of drug-likeness (QED) is 0.605. The maximum atomic E-state index is 13.9. The van der Waals surface area contributed by atoms with Crippen molar-refractivity contribution >= 4 is 52.7 Å². The average molecular weight is 470 g/mol. The van der Waals surface area contributed by atoms with Crippen LogP contribution in [0.15, 0.2) is 41.3 Å². The van der Waals surface area contributed by atoms with Crippen LogP contribution in [0.4, 0.5) is 4.39 Å². The molecule has 0 saturated carbocycles. The first-order valence-corrected chi connectivity index (χ1v) is 10.8. The molecule has 1 atom stereocenters. The molecule has 0 bridgehead atoms. The Labute approximate surface area is 186 Å². The van der Waals surface area contributed by atoms with Gasteiger partial charge in [0.15, 0.2) is 0 Å². The summed E-state index contributed by atoms with van der Waals surface area (Å²) in [7, 11) is 0. The van der Waals surface area contributed by atoms with Crippen LogP contribution >= 0.6 is 35.0 Å². The Morgan fingerprint density at radius 2 is 1.83 bits per heavy atom. The van der Waals surface area contributed by atoms with Gasteiger partial charge in [-0.1, -0.05) is 35.3 Å². The van der Waals surface area contributed by atoms with E-state index in [1.165, 1.54) is 36.0 Å². The predicted octanol–water partition coefficient (Wildman–Crippen LogP) is 3.33. The number of fused-ring (bicyclic) bond motifs is 1. The third-order valence-corrected chi connectivity index (χ3v) is 6.10. The summed E-state index contributed by atoms with van der Waals surface area (Å²) in [6.07, 6.45) is 0.665. The maximum absolute atomic E-state index is 13.9. The van der Waals surface area contributed by atoms with E-state index in [4.69, 9.17) is 23.2 Å². The van der Waals surface area contributed by atoms with Crippen molar-refractivity contribution in [1.29, 1.82) is 0 Å². The van der Waals surface area contributed by atoms with Crippen molar-refractivity contribution in [2.45, 2.75) is 17.4 Å². The number of carbonyl (C=O) groups excluding carboxylic acids is 3. The Morgan fingerprint density at radius 1 is 1.07 bits per heavy atom. The van der Waals surface area contributed by atoms with Gasteiger partial charge in [-0.25, -0.2) is 4.39 Å². The smallest absolute Gasteiger partial charge is 0.253 e. The zero-order chi connectivity index (χ0) is 21.7. The molecular weight excluding hydrogens is 452 g/mol. The summed E-state index contributed by atoms with van der Waals surface area (Å²) in [6.45, 7) is -0.579. The lowest BCUT2D eigenvalue weighted by Crippen LogP contribution is -2.43. The number of hydrogen-bond donors (Lipinski definition) is 3. The van der Waals surface area contributed by atoms with Crippen LogP contribution < -0.4 is 16.0 Å². The summed E-state index contributed by atoms with van der Waals surface area (Å²) in [5.74, 6) is -1.09. The molecule has 1 heterocycles. The summed E-state index contributed by atoms with van der Waals surface area (Å²) in [6, 6.07) is 8.86. The molecule has 0 fully saturated rings. The number of hydrogen-bond acceptors (Lipinski definition) is 4. The fraction of sp³-hybridized carbons (Fsp3) is 0.250. The monoisotopic (exact) mass is 469 g/mol.